The van der Waals surface area contributed by atoms with Crippen LogP contribution in [0.2, 0.25) is 0 Å². The zero-order valence-corrected chi connectivity index (χ0v) is 41.8. The van der Waals surface area contributed by atoms with Crippen LogP contribution in [0.25, 0.3) is 0 Å². The van der Waals surface area contributed by atoms with Crippen LogP contribution in [0.1, 0.15) is 175 Å². The Balaban J connectivity index is 4.90. The molecule has 66 heavy (non-hydrogen) atoms. The number of carbonyl (C=O) groups is 3. The molecule has 0 radical (unpaired) electrons. The number of phosphoric ester groups is 1. The van der Waals surface area contributed by atoms with Crippen LogP contribution in [0.4, 0.5) is 0 Å². The van der Waals surface area contributed by atoms with Crippen molar-refractivity contribution in [3.8, 4) is 0 Å². The van der Waals surface area contributed by atoms with Crippen molar-refractivity contribution in [1.29, 1.82) is 0 Å². The summed E-state index contributed by atoms with van der Waals surface area (Å²) in [6.07, 6.45) is 55.2. The molecule has 0 bridgehead atoms. The molecule has 0 aliphatic carbocycles. The number of esters is 3. The van der Waals surface area contributed by atoms with Gasteiger partial charge in [-0.3, -0.25) is 23.4 Å². The normalized spacial score (nSPS) is 14.4. The van der Waals surface area contributed by atoms with Crippen LogP contribution in [0.5, 0.6) is 0 Å². The first-order chi connectivity index (χ1) is 32.2. The molecule has 12 heteroatoms. The monoisotopic (exact) mass is 943 g/mol. The SMILES string of the molecule is CC/C=C\C/C=C\C/C=C\C/C=C\CCCCC(=O)OC(COC(=O)CCCCCCC/C=C\CCCC)COP(=O)(O)OCC(CO)OC(=O)CC/C=C\C/C=C\C/C=C\C/C=C\CC. The van der Waals surface area contributed by atoms with Crippen LogP contribution >= 0.6 is 7.82 Å². The van der Waals surface area contributed by atoms with E-state index < -0.39 is 57.8 Å². The van der Waals surface area contributed by atoms with Crippen LogP contribution in [0.3, 0.4) is 0 Å². The van der Waals surface area contributed by atoms with Crippen molar-refractivity contribution < 1.29 is 52.2 Å². The molecule has 0 aliphatic heterocycles. The highest BCUT2D eigenvalue weighted by atomic mass is 31.2. The Bertz CT molecular complexity index is 1520. The Kier molecular flexibility index (Phi) is 44.8. The molecular weight excluding hydrogens is 856 g/mol. The maximum atomic E-state index is 12.8. The maximum Gasteiger partial charge on any atom is 0.472 e. The van der Waals surface area contributed by atoms with Crippen molar-refractivity contribution >= 4 is 25.7 Å². The van der Waals surface area contributed by atoms with Gasteiger partial charge in [0.05, 0.1) is 19.8 Å². The van der Waals surface area contributed by atoms with Crippen molar-refractivity contribution in [3.05, 3.63) is 109 Å². The molecule has 374 valence electrons. The van der Waals surface area contributed by atoms with Gasteiger partial charge in [-0.25, -0.2) is 4.57 Å². The number of unbranched alkanes of at least 4 members (excludes halogenated alkanes) is 9. The Morgan fingerprint density at radius 2 is 0.818 bits per heavy atom. The first-order valence-corrected chi connectivity index (χ1v) is 26.3. The van der Waals surface area contributed by atoms with E-state index in [0.29, 0.717) is 19.3 Å². The molecule has 0 saturated heterocycles. The average Bonchev–Trinajstić information content (AvgIpc) is 3.30. The quantitative estimate of drug-likeness (QED) is 0.0197. The molecule has 0 rings (SSSR count). The number of rotatable bonds is 44. The smallest absolute Gasteiger partial charge is 0.462 e. The summed E-state index contributed by atoms with van der Waals surface area (Å²) in [5, 5.41) is 9.74. The van der Waals surface area contributed by atoms with Crippen molar-refractivity contribution in [2.45, 2.75) is 187 Å². The van der Waals surface area contributed by atoms with Crippen molar-refractivity contribution in [3.63, 3.8) is 0 Å². The Hall–Kier alpha value is -3.86. The van der Waals surface area contributed by atoms with Gasteiger partial charge in [-0.1, -0.05) is 162 Å². The Labute approximate surface area is 399 Å². The lowest BCUT2D eigenvalue weighted by Gasteiger charge is -2.21. The standard InChI is InChI=1S/C54H87O11P/c1-4-7-10-13-16-19-22-24-25-27-30-33-36-39-42-45-54(58)65-51(47-61-52(56)43-40-37-34-31-28-21-18-15-12-9-6-3)49-63-66(59,60)62-48-50(46-55)64-53(57)44-41-38-35-32-29-26-23-20-17-14-11-8-5-2/h7-8,10-11,15-20,24-26,29-30,33,35,38,50-51,55H,4-6,9,12-14,21-23,27-28,31-32,34,36-37,39-49H2,1-3H3,(H,59,60)/b10-7-,11-8-,18-15-,19-16-,20-17-,25-24-,29-26-,33-30-,38-35-. The van der Waals surface area contributed by atoms with Gasteiger partial charge in [0.15, 0.2) is 6.10 Å². The van der Waals surface area contributed by atoms with E-state index in [4.69, 9.17) is 23.3 Å². The third kappa shape index (κ3) is 45.3. The predicted molar refractivity (Wildman–Crippen MR) is 270 cm³/mol. The number of aliphatic hydroxyl groups is 1. The third-order valence-electron chi connectivity index (χ3n) is 9.67. The fraction of sp³-hybridized carbons (Fsp3) is 0.611. The van der Waals surface area contributed by atoms with Gasteiger partial charge in [0.1, 0.15) is 12.7 Å². The second kappa shape index (κ2) is 47.6. The molecule has 0 saturated carbocycles. The predicted octanol–water partition coefficient (Wildman–Crippen LogP) is 13.9. The van der Waals surface area contributed by atoms with Gasteiger partial charge in [-0.05, 0) is 103 Å². The zero-order valence-electron chi connectivity index (χ0n) is 40.9. The molecule has 3 unspecified atom stereocenters. The second-order valence-corrected chi connectivity index (χ2v) is 17.3. The molecular formula is C54H87O11P. The topological polar surface area (TPSA) is 155 Å². The van der Waals surface area contributed by atoms with Gasteiger partial charge in [0, 0.05) is 19.3 Å². The summed E-state index contributed by atoms with van der Waals surface area (Å²) in [5.74, 6) is -1.63. The van der Waals surface area contributed by atoms with Gasteiger partial charge in [0.25, 0.3) is 0 Å². The minimum Gasteiger partial charge on any atom is -0.462 e. The highest BCUT2D eigenvalue weighted by molar-refractivity contribution is 7.47. The zero-order chi connectivity index (χ0) is 48.4. The number of ether oxygens (including phenoxy) is 3. The molecule has 2 N–H and O–H groups in total. The summed E-state index contributed by atoms with van der Waals surface area (Å²) in [7, 11) is -4.77. The molecule has 0 aromatic carbocycles. The van der Waals surface area contributed by atoms with E-state index in [2.05, 4.69) is 112 Å². The molecule has 0 fully saturated rings. The third-order valence-corrected chi connectivity index (χ3v) is 10.6. The van der Waals surface area contributed by atoms with Crippen molar-refractivity contribution in [1.82, 2.24) is 0 Å². The largest absolute Gasteiger partial charge is 0.472 e. The highest BCUT2D eigenvalue weighted by Gasteiger charge is 2.28. The first-order valence-electron chi connectivity index (χ1n) is 24.8. The number of phosphoric acid groups is 1. The van der Waals surface area contributed by atoms with E-state index >= 15 is 0 Å². The van der Waals surface area contributed by atoms with Gasteiger partial charge in [-0.15, -0.1) is 0 Å². The maximum absolute atomic E-state index is 12.8. The van der Waals surface area contributed by atoms with Gasteiger partial charge < -0.3 is 24.2 Å². The molecule has 11 nitrogen and oxygen atoms in total. The first kappa shape index (κ1) is 62.1. The van der Waals surface area contributed by atoms with Crippen molar-refractivity contribution in [2.75, 3.05) is 26.4 Å². The van der Waals surface area contributed by atoms with Crippen LogP contribution < -0.4 is 0 Å². The molecule has 0 amide bonds. The molecule has 0 spiro atoms. The minimum atomic E-state index is -4.77. The second-order valence-electron chi connectivity index (χ2n) is 15.9. The summed E-state index contributed by atoms with van der Waals surface area (Å²) in [6, 6.07) is 0. The lowest BCUT2D eigenvalue weighted by atomic mass is 10.1. The van der Waals surface area contributed by atoms with E-state index in [1.54, 1.807) is 0 Å². The number of allylic oxidation sites excluding steroid dienone is 18. The Morgan fingerprint density at radius 3 is 1.35 bits per heavy atom. The summed E-state index contributed by atoms with van der Waals surface area (Å²) in [6.45, 7) is 4.18. The molecule has 0 heterocycles. The number of hydrogen-bond donors (Lipinski definition) is 2. The van der Waals surface area contributed by atoms with Crippen molar-refractivity contribution in [2.24, 2.45) is 0 Å². The number of carbonyl (C=O) groups excluding carboxylic acids is 3. The molecule has 0 aromatic rings. The fourth-order valence-electron chi connectivity index (χ4n) is 5.93. The fourth-order valence-corrected chi connectivity index (χ4v) is 6.71. The number of hydrogen-bond acceptors (Lipinski definition) is 10. The van der Waals surface area contributed by atoms with Crippen LogP contribution in [-0.4, -0.2) is 66.5 Å². The van der Waals surface area contributed by atoms with Crippen LogP contribution in [0.15, 0.2) is 109 Å². The average molecular weight is 943 g/mol. The van der Waals surface area contributed by atoms with E-state index in [9.17, 15) is 28.9 Å². The summed E-state index contributed by atoms with van der Waals surface area (Å²) >= 11 is 0. The van der Waals surface area contributed by atoms with E-state index in [1.807, 2.05) is 18.2 Å². The summed E-state index contributed by atoms with van der Waals surface area (Å²) < 4.78 is 39.1. The minimum absolute atomic E-state index is 0.0469. The van der Waals surface area contributed by atoms with Gasteiger partial charge in [0.2, 0.25) is 0 Å². The number of aliphatic hydroxyl groups excluding tert-OH is 1. The molecule has 0 aromatic heterocycles. The van der Waals surface area contributed by atoms with E-state index in [1.165, 1.54) is 12.8 Å². The summed E-state index contributed by atoms with van der Waals surface area (Å²) in [4.78, 5) is 48.2. The lowest BCUT2D eigenvalue weighted by Crippen LogP contribution is -2.30. The van der Waals surface area contributed by atoms with Gasteiger partial charge >= 0.3 is 25.7 Å². The van der Waals surface area contributed by atoms with Gasteiger partial charge in [-0.2, -0.15) is 0 Å². The highest BCUT2D eigenvalue weighted by Crippen LogP contribution is 2.43. The lowest BCUT2D eigenvalue weighted by molar-refractivity contribution is -0.161. The van der Waals surface area contributed by atoms with Crippen LogP contribution in [0, 0.1) is 0 Å². The van der Waals surface area contributed by atoms with Crippen LogP contribution in [-0.2, 0) is 42.2 Å². The molecule has 0 aliphatic rings. The Morgan fingerprint density at radius 1 is 0.439 bits per heavy atom. The molecule has 3 atom stereocenters. The summed E-state index contributed by atoms with van der Waals surface area (Å²) in [5.41, 5.74) is 0. The van der Waals surface area contributed by atoms with E-state index in [-0.39, 0.29) is 25.9 Å². The van der Waals surface area contributed by atoms with E-state index in [0.717, 1.165) is 103 Å².